The van der Waals surface area contributed by atoms with Crippen LogP contribution in [-0.4, -0.2) is 27.7 Å². The summed E-state index contributed by atoms with van der Waals surface area (Å²) in [5.74, 6) is 0. The molecule has 2 aromatic heterocycles. The van der Waals surface area contributed by atoms with Crippen LogP contribution in [0.5, 0.6) is 0 Å². The molecule has 0 saturated carbocycles. The lowest BCUT2D eigenvalue weighted by Gasteiger charge is -2.17. The van der Waals surface area contributed by atoms with Crippen LogP contribution in [0.4, 0.5) is 0 Å². The van der Waals surface area contributed by atoms with Gasteiger partial charge < -0.3 is 0 Å². The van der Waals surface area contributed by atoms with Gasteiger partial charge in [0.25, 0.3) is 10.1 Å². The SMILES string of the molecule is Cc1cc(C2=CC=CC(C)(S(=O)(=O)O)C=C2)c2ccc3c(-c4ccccc4)cc(C)nc3c2n1. The van der Waals surface area contributed by atoms with E-state index in [1.807, 2.05) is 50.3 Å². The summed E-state index contributed by atoms with van der Waals surface area (Å²) >= 11 is 0. The van der Waals surface area contributed by atoms with Crippen molar-refractivity contribution in [3.63, 3.8) is 0 Å². The van der Waals surface area contributed by atoms with Gasteiger partial charge in [-0.1, -0.05) is 72.8 Å². The number of hydrogen-bond acceptors (Lipinski definition) is 4. The van der Waals surface area contributed by atoms with E-state index >= 15 is 0 Å². The number of nitrogens with zero attached hydrogens (tertiary/aromatic N) is 2. The van der Waals surface area contributed by atoms with Crippen molar-refractivity contribution in [3.05, 3.63) is 102 Å². The second kappa shape index (κ2) is 8.01. The molecular formula is C28H24N2O3S. The first kappa shape index (κ1) is 22.2. The summed E-state index contributed by atoms with van der Waals surface area (Å²) in [6.07, 6.45) is 8.25. The standard InChI is InChI=1S/C28H24N2O3S/c1-18-16-24(20-8-5-4-6-9-20)22-11-12-23-25(17-19(2)30-27(23)26(22)29-18)21-10-7-14-28(3,15-13-21)34(31,32)33/h4-17H,1-3H3,(H,31,32,33). The average molecular weight is 469 g/mol. The number of allylic oxidation sites excluding steroid dienone is 4. The summed E-state index contributed by atoms with van der Waals surface area (Å²) in [4.78, 5) is 9.72. The number of hydrogen-bond donors (Lipinski definition) is 1. The second-order valence-corrected chi connectivity index (χ2v) is 10.6. The van der Waals surface area contributed by atoms with E-state index in [0.717, 1.165) is 55.5 Å². The Balaban J connectivity index is 1.76. The third-order valence-electron chi connectivity index (χ3n) is 6.26. The predicted molar refractivity (Wildman–Crippen MR) is 138 cm³/mol. The molecule has 0 radical (unpaired) electrons. The van der Waals surface area contributed by atoms with Gasteiger partial charge in [0.2, 0.25) is 0 Å². The molecule has 1 N–H and O–H groups in total. The third kappa shape index (κ3) is 3.75. The molecule has 1 atom stereocenters. The van der Waals surface area contributed by atoms with E-state index in [0.29, 0.717) is 0 Å². The zero-order chi connectivity index (χ0) is 24.1. The van der Waals surface area contributed by atoms with Gasteiger partial charge >= 0.3 is 0 Å². The molecule has 2 heterocycles. The van der Waals surface area contributed by atoms with Gasteiger partial charge in [-0.3, -0.25) is 14.5 Å². The van der Waals surface area contributed by atoms with Crippen molar-refractivity contribution in [2.75, 3.05) is 0 Å². The van der Waals surface area contributed by atoms with E-state index in [4.69, 9.17) is 9.97 Å². The molecule has 2 aromatic carbocycles. The normalized spacial score (nSPS) is 18.3. The van der Waals surface area contributed by atoms with Gasteiger partial charge in [-0.05, 0) is 55.2 Å². The Bertz CT molecular complexity index is 1650. The summed E-state index contributed by atoms with van der Waals surface area (Å²) in [7, 11) is -4.30. The van der Waals surface area contributed by atoms with Crippen molar-refractivity contribution >= 4 is 37.5 Å². The number of aryl methyl sites for hydroxylation is 2. The summed E-state index contributed by atoms with van der Waals surface area (Å²) < 4.78 is 32.0. The molecule has 0 aliphatic heterocycles. The van der Waals surface area contributed by atoms with E-state index in [9.17, 15) is 13.0 Å². The smallest absolute Gasteiger partial charge is 0.277 e. The Hall–Kier alpha value is -3.61. The number of fused-ring (bicyclic) bond motifs is 3. The monoisotopic (exact) mass is 468 g/mol. The van der Waals surface area contributed by atoms with Crippen molar-refractivity contribution in [3.8, 4) is 11.1 Å². The highest BCUT2D eigenvalue weighted by atomic mass is 32.2. The molecule has 34 heavy (non-hydrogen) atoms. The summed E-state index contributed by atoms with van der Waals surface area (Å²) in [5, 5.41) is 1.95. The molecule has 0 fully saturated rings. The quantitative estimate of drug-likeness (QED) is 0.285. The van der Waals surface area contributed by atoms with Crippen LogP contribution >= 0.6 is 0 Å². The summed E-state index contributed by atoms with van der Waals surface area (Å²) in [6, 6.07) is 18.4. The van der Waals surface area contributed by atoms with Crippen molar-refractivity contribution < 1.29 is 13.0 Å². The summed E-state index contributed by atoms with van der Waals surface area (Å²) in [5.41, 5.74) is 7.35. The molecule has 1 aliphatic rings. The molecule has 5 rings (SSSR count). The Morgan fingerprint density at radius 2 is 1.41 bits per heavy atom. The first-order valence-corrected chi connectivity index (χ1v) is 12.4. The molecule has 0 saturated heterocycles. The van der Waals surface area contributed by atoms with Crippen molar-refractivity contribution in [2.45, 2.75) is 25.5 Å². The Kier molecular flexibility index (Phi) is 5.23. The highest BCUT2D eigenvalue weighted by molar-refractivity contribution is 7.87. The van der Waals surface area contributed by atoms with E-state index in [1.165, 1.54) is 19.1 Å². The fourth-order valence-electron chi connectivity index (χ4n) is 4.39. The van der Waals surface area contributed by atoms with Crippen LogP contribution in [0.1, 0.15) is 23.9 Å². The lowest BCUT2D eigenvalue weighted by molar-refractivity contribution is 0.466. The second-order valence-electron chi connectivity index (χ2n) is 8.82. The average Bonchev–Trinajstić information content (AvgIpc) is 3.01. The van der Waals surface area contributed by atoms with Gasteiger partial charge in [-0.15, -0.1) is 0 Å². The van der Waals surface area contributed by atoms with Crippen molar-refractivity contribution in [1.29, 1.82) is 0 Å². The van der Waals surface area contributed by atoms with Crippen LogP contribution in [0.25, 0.3) is 38.5 Å². The molecule has 0 bridgehead atoms. The molecule has 0 spiro atoms. The topological polar surface area (TPSA) is 80.2 Å². The maximum absolute atomic E-state index is 11.9. The first-order chi connectivity index (χ1) is 16.2. The molecule has 1 unspecified atom stereocenters. The van der Waals surface area contributed by atoms with Crippen molar-refractivity contribution in [1.82, 2.24) is 9.97 Å². The van der Waals surface area contributed by atoms with Crippen LogP contribution in [0.15, 0.2) is 85.0 Å². The largest absolute Gasteiger partial charge is 0.285 e. The molecule has 1 aliphatic carbocycles. The number of rotatable bonds is 3. The van der Waals surface area contributed by atoms with Crippen LogP contribution in [0, 0.1) is 13.8 Å². The van der Waals surface area contributed by atoms with Gasteiger partial charge in [0.15, 0.2) is 0 Å². The number of pyridine rings is 2. The Morgan fingerprint density at radius 3 is 2.03 bits per heavy atom. The van der Waals surface area contributed by atoms with E-state index in [2.05, 4.69) is 24.3 Å². The fourth-order valence-corrected chi connectivity index (χ4v) is 4.88. The van der Waals surface area contributed by atoms with Crippen molar-refractivity contribution in [2.24, 2.45) is 0 Å². The minimum atomic E-state index is -4.30. The Labute approximate surface area is 198 Å². The van der Waals surface area contributed by atoms with E-state index < -0.39 is 14.9 Å². The minimum Gasteiger partial charge on any atom is -0.285 e. The molecule has 170 valence electrons. The summed E-state index contributed by atoms with van der Waals surface area (Å²) in [6.45, 7) is 5.39. The number of benzene rings is 2. The van der Waals surface area contributed by atoms with Gasteiger partial charge in [0.05, 0.1) is 11.0 Å². The molecule has 6 heteroatoms. The minimum absolute atomic E-state index is 0.799. The zero-order valence-electron chi connectivity index (χ0n) is 19.1. The highest BCUT2D eigenvalue weighted by Gasteiger charge is 2.33. The predicted octanol–water partition coefficient (Wildman–Crippen LogP) is 6.22. The maximum Gasteiger partial charge on any atom is 0.277 e. The first-order valence-electron chi connectivity index (χ1n) is 11.0. The van der Waals surface area contributed by atoms with E-state index in [-0.39, 0.29) is 0 Å². The van der Waals surface area contributed by atoms with E-state index in [1.54, 1.807) is 12.2 Å². The van der Waals surface area contributed by atoms with Crippen LogP contribution < -0.4 is 0 Å². The lowest BCUT2D eigenvalue weighted by atomic mass is 9.95. The lowest BCUT2D eigenvalue weighted by Crippen LogP contribution is -2.29. The molecular weight excluding hydrogens is 444 g/mol. The fraction of sp³-hybridized carbons (Fsp3) is 0.143. The molecule has 5 nitrogen and oxygen atoms in total. The molecule has 4 aromatic rings. The van der Waals surface area contributed by atoms with Gasteiger partial charge in [0, 0.05) is 22.2 Å². The van der Waals surface area contributed by atoms with Gasteiger partial charge in [0.1, 0.15) is 4.75 Å². The van der Waals surface area contributed by atoms with Crippen LogP contribution in [0.2, 0.25) is 0 Å². The number of aromatic nitrogens is 2. The third-order valence-corrected chi connectivity index (χ3v) is 7.65. The van der Waals surface area contributed by atoms with Crippen LogP contribution in [0.3, 0.4) is 0 Å². The van der Waals surface area contributed by atoms with Gasteiger partial charge in [-0.25, -0.2) is 0 Å². The Morgan fingerprint density at radius 1 is 0.824 bits per heavy atom. The highest BCUT2D eigenvalue weighted by Crippen LogP contribution is 2.36. The van der Waals surface area contributed by atoms with Gasteiger partial charge in [-0.2, -0.15) is 8.42 Å². The van der Waals surface area contributed by atoms with Crippen LogP contribution in [-0.2, 0) is 10.1 Å². The molecule has 0 amide bonds. The zero-order valence-corrected chi connectivity index (χ0v) is 20.0. The maximum atomic E-state index is 11.9.